The lowest BCUT2D eigenvalue weighted by atomic mass is 9.99. The van der Waals surface area contributed by atoms with Crippen LogP contribution in [0.1, 0.15) is 78.9 Å². The maximum atomic E-state index is 13.8. The van der Waals surface area contributed by atoms with Crippen LogP contribution in [0.4, 0.5) is 0 Å². The normalized spacial score (nSPS) is 13.9. The van der Waals surface area contributed by atoms with E-state index in [0.717, 1.165) is 18.4 Å². The molecular weight excluding hydrogens is 664 g/mol. The fraction of sp³-hybridized carbons (Fsp3) is 0.513. The quantitative estimate of drug-likeness (QED) is 0.0841. The Balaban J connectivity index is 2.11. The zero-order chi connectivity index (χ0) is 38.8. The van der Waals surface area contributed by atoms with Crippen molar-refractivity contribution in [3.05, 3.63) is 71.8 Å². The van der Waals surface area contributed by atoms with Crippen LogP contribution in [0.25, 0.3) is 0 Å². The highest BCUT2D eigenvalue weighted by molar-refractivity contribution is 6.38. The molecule has 0 aliphatic carbocycles. The molecule has 2 aromatic carbocycles. The molecule has 6 amide bonds. The van der Waals surface area contributed by atoms with Crippen molar-refractivity contribution in [2.45, 2.75) is 111 Å². The summed E-state index contributed by atoms with van der Waals surface area (Å²) in [7, 11) is 0. The Hall–Kier alpha value is -5.07. The van der Waals surface area contributed by atoms with Crippen LogP contribution in [0, 0.1) is 11.8 Å². The van der Waals surface area contributed by atoms with E-state index in [2.05, 4.69) is 31.9 Å². The standard InChI is InChI=1S/C39H56N6O7/c1-24(2)22-31(36(49)42-26(5)34(47)39(52)40-21-15-14-18-29-16-10-8-11-17-29)43-37(50)32(23-30-19-12-9-13-20-30)44-38(51)33(25(3)4)45-35(48)27(6)41-28(7)46/h8-13,16-17,19-20,24-27,31-33H,14-15,18,21-23H2,1-7H3,(H,40,52)(H,41,46)(H,42,49)(H,43,50)(H,44,51)(H,45,48)/t26-,27-,31-,32-,33-/m0/s1. The molecule has 0 fully saturated rings. The van der Waals surface area contributed by atoms with Gasteiger partial charge in [0, 0.05) is 19.9 Å². The van der Waals surface area contributed by atoms with Crippen molar-refractivity contribution in [1.29, 1.82) is 0 Å². The highest BCUT2D eigenvalue weighted by Gasteiger charge is 2.33. The lowest BCUT2D eigenvalue weighted by Crippen LogP contribution is -2.60. The molecule has 0 heterocycles. The molecule has 0 saturated carbocycles. The lowest BCUT2D eigenvalue weighted by molar-refractivity contribution is -0.140. The molecule has 0 unspecified atom stereocenters. The van der Waals surface area contributed by atoms with Crippen LogP contribution in [0.2, 0.25) is 0 Å². The van der Waals surface area contributed by atoms with Gasteiger partial charge in [-0.15, -0.1) is 0 Å². The molecule has 0 aliphatic heterocycles. The van der Waals surface area contributed by atoms with Crippen LogP contribution in [0.15, 0.2) is 60.7 Å². The van der Waals surface area contributed by atoms with Crippen LogP contribution in [0.3, 0.4) is 0 Å². The van der Waals surface area contributed by atoms with Crippen LogP contribution >= 0.6 is 0 Å². The molecule has 6 N–H and O–H groups in total. The van der Waals surface area contributed by atoms with Crippen molar-refractivity contribution in [3.63, 3.8) is 0 Å². The fourth-order valence-electron chi connectivity index (χ4n) is 5.44. The average molecular weight is 721 g/mol. The number of amides is 6. The topological polar surface area (TPSA) is 192 Å². The fourth-order valence-corrected chi connectivity index (χ4v) is 5.44. The molecule has 2 rings (SSSR count). The predicted molar refractivity (Wildman–Crippen MR) is 199 cm³/mol. The van der Waals surface area contributed by atoms with Gasteiger partial charge in [-0.25, -0.2) is 0 Å². The molecular formula is C39H56N6O7. The van der Waals surface area contributed by atoms with E-state index in [9.17, 15) is 33.6 Å². The molecule has 0 saturated heterocycles. The van der Waals surface area contributed by atoms with Crippen molar-refractivity contribution in [1.82, 2.24) is 31.9 Å². The molecule has 13 nitrogen and oxygen atoms in total. The first-order valence-electron chi connectivity index (χ1n) is 18.0. The van der Waals surface area contributed by atoms with E-state index < -0.39 is 71.4 Å². The SMILES string of the molecule is CC(=O)N[C@@H](C)C(=O)N[C@H](C(=O)N[C@@H](Cc1ccccc1)C(=O)N[C@@H](CC(C)C)C(=O)N[C@@H](C)C(=O)C(=O)NCCCCc1ccccc1)C(C)C. The molecule has 52 heavy (non-hydrogen) atoms. The third-order valence-electron chi connectivity index (χ3n) is 8.31. The minimum absolute atomic E-state index is 0.0467. The van der Waals surface area contributed by atoms with Gasteiger partial charge in [-0.2, -0.15) is 0 Å². The van der Waals surface area contributed by atoms with Gasteiger partial charge in [-0.3, -0.25) is 33.6 Å². The van der Waals surface area contributed by atoms with E-state index in [1.54, 1.807) is 38.1 Å². The Kier molecular flexibility index (Phi) is 18.2. The third-order valence-corrected chi connectivity index (χ3v) is 8.31. The molecule has 2 aromatic rings. The number of Topliss-reactive ketones (excluding diaryl/α,β-unsaturated/α-hetero) is 1. The number of benzene rings is 2. The maximum absolute atomic E-state index is 13.8. The number of hydrogen-bond acceptors (Lipinski definition) is 7. The van der Waals surface area contributed by atoms with E-state index in [0.29, 0.717) is 13.0 Å². The number of ketones is 1. The summed E-state index contributed by atoms with van der Waals surface area (Å²) in [5.41, 5.74) is 1.93. The molecule has 0 aliphatic rings. The maximum Gasteiger partial charge on any atom is 0.289 e. The Morgan fingerprint density at radius 3 is 1.69 bits per heavy atom. The molecule has 284 valence electrons. The summed E-state index contributed by atoms with van der Waals surface area (Å²) < 4.78 is 0. The third kappa shape index (κ3) is 15.4. The number of carbonyl (C=O) groups is 7. The van der Waals surface area contributed by atoms with Crippen molar-refractivity contribution < 1.29 is 33.6 Å². The Morgan fingerprint density at radius 2 is 1.13 bits per heavy atom. The van der Waals surface area contributed by atoms with E-state index in [4.69, 9.17) is 0 Å². The first-order valence-corrected chi connectivity index (χ1v) is 18.0. The van der Waals surface area contributed by atoms with Gasteiger partial charge in [0.1, 0.15) is 24.2 Å². The van der Waals surface area contributed by atoms with Crippen LogP contribution in [-0.2, 0) is 46.4 Å². The second-order valence-electron chi connectivity index (χ2n) is 13.9. The Bertz CT molecular complexity index is 1500. The Morgan fingerprint density at radius 1 is 0.577 bits per heavy atom. The second kappa shape index (κ2) is 22.0. The molecule has 0 bridgehead atoms. The van der Waals surface area contributed by atoms with E-state index >= 15 is 0 Å². The van der Waals surface area contributed by atoms with E-state index in [1.165, 1.54) is 26.3 Å². The molecule has 0 radical (unpaired) electrons. The first kappa shape index (κ1) is 43.1. The van der Waals surface area contributed by atoms with Gasteiger partial charge in [-0.05, 0) is 62.5 Å². The van der Waals surface area contributed by atoms with Gasteiger partial charge in [0.2, 0.25) is 35.3 Å². The average Bonchev–Trinajstić information content (AvgIpc) is 3.09. The minimum Gasteiger partial charge on any atom is -0.349 e. The number of hydrogen-bond donors (Lipinski definition) is 6. The van der Waals surface area contributed by atoms with Crippen LogP contribution < -0.4 is 31.9 Å². The molecule has 0 aromatic heterocycles. The molecule has 13 heteroatoms. The number of carbonyl (C=O) groups excluding carboxylic acids is 7. The summed E-state index contributed by atoms with van der Waals surface area (Å²) >= 11 is 0. The highest BCUT2D eigenvalue weighted by atomic mass is 16.2. The van der Waals surface area contributed by atoms with Gasteiger partial charge >= 0.3 is 0 Å². The zero-order valence-corrected chi connectivity index (χ0v) is 31.4. The summed E-state index contributed by atoms with van der Waals surface area (Å²) in [5.74, 6) is -4.93. The van der Waals surface area contributed by atoms with Crippen molar-refractivity contribution >= 4 is 41.2 Å². The second-order valence-corrected chi connectivity index (χ2v) is 13.9. The minimum atomic E-state index is -1.15. The predicted octanol–water partition coefficient (Wildman–Crippen LogP) is 2.12. The summed E-state index contributed by atoms with van der Waals surface area (Å²) in [4.78, 5) is 90.5. The Labute approximate surface area is 307 Å². The van der Waals surface area contributed by atoms with Gasteiger partial charge in [0.25, 0.3) is 5.91 Å². The molecule has 5 atom stereocenters. The van der Waals surface area contributed by atoms with Crippen molar-refractivity contribution in [2.75, 3.05) is 6.54 Å². The number of unbranched alkanes of at least 4 members (excludes halogenated alkanes) is 1. The van der Waals surface area contributed by atoms with Gasteiger partial charge in [0.05, 0.1) is 6.04 Å². The number of rotatable bonds is 21. The van der Waals surface area contributed by atoms with Gasteiger partial charge in [0.15, 0.2) is 0 Å². The van der Waals surface area contributed by atoms with Gasteiger partial charge < -0.3 is 31.9 Å². The highest BCUT2D eigenvalue weighted by Crippen LogP contribution is 2.11. The zero-order valence-electron chi connectivity index (χ0n) is 31.4. The van der Waals surface area contributed by atoms with Crippen molar-refractivity contribution in [3.8, 4) is 0 Å². The summed E-state index contributed by atoms with van der Waals surface area (Å²) in [6.45, 7) is 11.7. The number of aryl methyl sites for hydroxylation is 1. The van der Waals surface area contributed by atoms with Crippen LogP contribution in [0.5, 0.6) is 0 Å². The summed E-state index contributed by atoms with van der Waals surface area (Å²) in [5, 5.41) is 15.8. The number of nitrogens with one attached hydrogen (secondary N) is 6. The summed E-state index contributed by atoms with van der Waals surface area (Å²) in [6, 6.07) is 13.6. The van der Waals surface area contributed by atoms with Gasteiger partial charge in [-0.1, -0.05) is 88.4 Å². The van der Waals surface area contributed by atoms with Crippen LogP contribution in [-0.4, -0.2) is 78.0 Å². The monoisotopic (exact) mass is 720 g/mol. The summed E-state index contributed by atoms with van der Waals surface area (Å²) in [6.07, 6.45) is 2.65. The van der Waals surface area contributed by atoms with E-state index in [1.807, 2.05) is 50.2 Å². The lowest BCUT2D eigenvalue weighted by Gasteiger charge is -2.28. The molecule has 0 spiro atoms. The van der Waals surface area contributed by atoms with E-state index in [-0.39, 0.29) is 24.7 Å². The smallest absolute Gasteiger partial charge is 0.289 e. The largest absolute Gasteiger partial charge is 0.349 e. The van der Waals surface area contributed by atoms with Crippen molar-refractivity contribution in [2.24, 2.45) is 11.8 Å². The first-order chi connectivity index (χ1) is 24.6.